The first-order valence-electron chi connectivity index (χ1n) is 5.91. The van der Waals surface area contributed by atoms with Crippen LogP contribution in [-0.2, 0) is 0 Å². The van der Waals surface area contributed by atoms with Crippen LogP contribution in [0, 0.1) is 0 Å². The van der Waals surface area contributed by atoms with Crippen LogP contribution >= 0.6 is 0 Å². The summed E-state index contributed by atoms with van der Waals surface area (Å²) in [6.45, 7) is 4.20. The number of nitrogens with one attached hydrogen (secondary N) is 1. The molecule has 5 heteroatoms. The van der Waals surface area contributed by atoms with Gasteiger partial charge < -0.3 is 19.9 Å². The normalized spacial score (nSPS) is 17.0. The third kappa shape index (κ3) is 2.61. The molecule has 0 amide bonds. The maximum absolute atomic E-state index is 5.36. The molecule has 0 atom stereocenters. The van der Waals surface area contributed by atoms with Gasteiger partial charge in [0, 0.05) is 33.2 Å². The van der Waals surface area contributed by atoms with Gasteiger partial charge in [0.2, 0.25) is 5.88 Å². The van der Waals surface area contributed by atoms with Crippen LogP contribution in [0.5, 0.6) is 5.88 Å². The molecule has 1 aliphatic rings. The number of methoxy groups -OCH3 is 1. The van der Waals surface area contributed by atoms with Crippen LogP contribution in [0.15, 0.2) is 12.1 Å². The van der Waals surface area contributed by atoms with Gasteiger partial charge in [0.05, 0.1) is 7.11 Å². The molecule has 1 aromatic rings. The molecular formula is C12H20N4O. The van der Waals surface area contributed by atoms with Crippen molar-refractivity contribution < 1.29 is 4.74 Å². The molecule has 1 aromatic heterocycles. The smallest absolute Gasteiger partial charge is 0.239 e. The first-order chi connectivity index (χ1) is 8.24. The van der Waals surface area contributed by atoms with E-state index in [-0.39, 0.29) is 0 Å². The van der Waals surface area contributed by atoms with Crippen molar-refractivity contribution in [3.05, 3.63) is 12.1 Å². The molecule has 1 N–H and O–H groups in total. The first-order valence-corrected chi connectivity index (χ1v) is 5.91. The monoisotopic (exact) mass is 236 g/mol. The molecular weight excluding hydrogens is 216 g/mol. The number of ether oxygens (including phenoxy) is 1. The summed E-state index contributed by atoms with van der Waals surface area (Å²) >= 11 is 0. The molecule has 1 fully saturated rings. The second-order valence-electron chi connectivity index (χ2n) is 4.27. The van der Waals surface area contributed by atoms with Crippen molar-refractivity contribution in [2.24, 2.45) is 0 Å². The Hall–Kier alpha value is -1.49. The van der Waals surface area contributed by atoms with Gasteiger partial charge in [-0.1, -0.05) is 0 Å². The summed E-state index contributed by atoms with van der Waals surface area (Å²) < 4.78 is 5.36. The van der Waals surface area contributed by atoms with Crippen molar-refractivity contribution in [2.45, 2.75) is 0 Å². The second kappa shape index (κ2) is 5.23. The average Bonchev–Trinajstić information content (AvgIpc) is 2.39. The fourth-order valence-electron chi connectivity index (χ4n) is 2.01. The van der Waals surface area contributed by atoms with E-state index >= 15 is 0 Å². The highest BCUT2D eigenvalue weighted by atomic mass is 16.5. The summed E-state index contributed by atoms with van der Waals surface area (Å²) in [5.41, 5.74) is 1.08. The predicted molar refractivity (Wildman–Crippen MR) is 70.0 cm³/mol. The van der Waals surface area contributed by atoms with Gasteiger partial charge in [-0.15, -0.1) is 0 Å². The molecule has 1 aliphatic heterocycles. The SMILES string of the molecule is CNc1ccc(N2CCN(C)CC2)c(OC)n1. The summed E-state index contributed by atoms with van der Waals surface area (Å²) in [6.07, 6.45) is 0. The molecule has 2 heterocycles. The zero-order valence-electron chi connectivity index (χ0n) is 10.7. The van der Waals surface area contributed by atoms with Crippen molar-refractivity contribution in [3.8, 4) is 5.88 Å². The second-order valence-corrected chi connectivity index (χ2v) is 4.27. The van der Waals surface area contributed by atoms with Crippen LogP contribution in [0.3, 0.4) is 0 Å². The minimum atomic E-state index is 0.696. The fraction of sp³-hybridized carbons (Fsp3) is 0.583. The summed E-state index contributed by atoms with van der Waals surface area (Å²) in [5, 5.41) is 3.02. The van der Waals surface area contributed by atoms with Crippen LogP contribution in [0.25, 0.3) is 0 Å². The first kappa shape index (κ1) is 12.0. The minimum Gasteiger partial charge on any atom is -0.479 e. The number of rotatable bonds is 3. The number of nitrogens with zero attached hydrogens (tertiary/aromatic N) is 3. The Kier molecular flexibility index (Phi) is 3.68. The molecule has 0 aromatic carbocycles. The average molecular weight is 236 g/mol. The number of piperazine rings is 1. The Morgan fingerprint density at radius 2 is 1.94 bits per heavy atom. The van der Waals surface area contributed by atoms with Crippen LogP contribution in [-0.4, -0.2) is 57.3 Å². The van der Waals surface area contributed by atoms with Crippen molar-refractivity contribution in [1.29, 1.82) is 0 Å². The lowest BCUT2D eigenvalue weighted by Crippen LogP contribution is -2.44. The lowest BCUT2D eigenvalue weighted by atomic mass is 10.2. The van der Waals surface area contributed by atoms with Gasteiger partial charge in [0.25, 0.3) is 0 Å². The summed E-state index contributed by atoms with van der Waals surface area (Å²) in [4.78, 5) is 9.07. The van der Waals surface area contributed by atoms with Crippen LogP contribution in [0.1, 0.15) is 0 Å². The Labute approximate surface area is 102 Å². The van der Waals surface area contributed by atoms with Gasteiger partial charge in [-0.25, -0.2) is 0 Å². The lowest BCUT2D eigenvalue weighted by molar-refractivity contribution is 0.310. The Morgan fingerprint density at radius 1 is 1.24 bits per heavy atom. The maximum atomic E-state index is 5.36. The van der Waals surface area contributed by atoms with Gasteiger partial charge in [0.15, 0.2) is 0 Å². The van der Waals surface area contributed by atoms with E-state index < -0.39 is 0 Å². The Morgan fingerprint density at radius 3 is 2.53 bits per heavy atom. The molecule has 17 heavy (non-hydrogen) atoms. The topological polar surface area (TPSA) is 40.6 Å². The van der Waals surface area contributed by atoms with Crippen molar-refractivity contribution in [2.75, 3.05) is 57.6 Å². The fourth-order valence-corrected chi connectivity index (χ4v) is 2.01. The van der Waals surface area contributed by atoms with E-state index in [9.17, 15) is 0 Å². The molecule has 0 bridgehead atoms. The highest BCUT2D eigenvalue weighted by molar-refractivity contribution is 5.59. The standard InChI is InChI=1S/C12H20N4O/c1-13-11-5-4-10(12(14-11)17-3)16-8-6-15(2)7-9-16/h4-5H,6-9H2,1-3H3,(H,13,14). The number of hydrogen-bond donors (Lipinski definition) is 1. The summed E-state index contributed by atoms with van der Waals surface area (Å²) in [6, 6.07) is 4.05. The van der Waals surface area contributed by atoms with Gasteiger partial charge >= 0.3 is 0 Å². The molecule has 5 nitrogen and oxygen atoms in total. The molecule has 94 valence electrons. The maximum Gasteiger partial charge on any atom is 0.239 e. The van der Waals surface area contributed by atoms with Crippen molar-refractivity contribution >= 4 is 11.5 Å². The Balaban J connectivity index is 2.19. The van der Waals surface area contributed by atoms with Gasteiger partial charge in [-0.3, -0.25) is 0 Å². The van der Waals surface area contributed by atoms with E-state index in [1.807, 2.05) is 13.1 Å². The van der Waals surface area contributed by atoms with E-state index in [1.54, 1.807) is 7.11 Å². The largest absolute Gasteiger partial charge is 0.479 e. The third-order valence-corrected chi connectivity index (χ3v) is 3.13. The van der Waals surface area contributed by atoms with Gasteiger partial charge in [-0.2, -0.15) is 4.98 Å². The predicted octanol–water partition coefficient (Wildman–Crippen LogP) is 0.884. The van der Waals surface area contributed by atoms with Gasteiger partial charge in [-0.05, 0) is 19.2 Å². The van der Waals surface area contributed by atoms with Gasteiger partial charge in [0.1, 0.15) is 11.5 Å². The lowest BCUT2D eigenvalue weighted by Gasteiger charge is -2.34. The highest BCUT2D eigenvalue weighted by Gasteiger charge is 2.18. The molecule has 0 aliphatic carbocycles. The molecule has 0 radical (unpaired) electrons. The van der Waals surface area contributed by atoms with Crippen molar-refractivity contribution in [1.82, 2.24) is 9.88 Å². The number of aromatic nitrogens is 1. The molecule has 2 rings (SSSR count). The molecule has 0 saturated carbocycles. The van der Waals surface area contributed by atoms with E-state index in [1.165, 1.54) is 0 Å². The van der Waals surface area contributed by atoms with E-state index in [2.05, 4.69) is 33.2 Å². The quantitative estimate of drug-likeness (QED) is 0.844. The third-order valence-electron chi connectivity index (χ3n) is 3.13. The Bertz CT molecular complexity index is 375. The van der Waals surface area contributed by atoms with E-state index in [0.717, 1.165) is 37.7 Å². The summed E-state index contributed by atoms with van der Waals surface area (Å²) in [5.74, 6) is 1.53. The zero-order chi connectivity index (χ0) is 12.3. The van der Waals surface area contributed by atoms with E-state index in [0.29, 0.717) is 5.88 Å². The minimum absolute atomic E-state index is 0.696. The van der Waals surface area contributed by atoms with Crippen LogP contribution < -0.4 is 15.0 Å². The molecule has 1 saturated heterocycles. The van der Waals surface area contributed by atoms with Crippen LogP contribution in [0.4, 0.5) is 11.5 Å². The summed E-state index contributed by atoms with van der Waals surface area (Å²) in [7, 11) is 5.68. The number of hydrogen-bond acceptors (Lipinski definition) is 5. The highest BCUT2D eigenvalue weighted by Crippen LogP contribution is 2.28. The van der Waals surface area contributed by atoms with Crippen molar-refractivity contribution in [3.63, 3.8) is 0 Å². The zero-order valence-corrected chi connectivity index (χ0v) is 10.7. The molecule has 0 unspecified atom stereocenters. The molecule has 0 spiro atoms. The van der Waals surface area contributed by atoms with E-state index in [4.69, 9.17) is 4.74 Å². The number of anilines is 2. The number of pyridine rings is 1. The van der Waals surface area contributed by atoms with Crippen LogP contribution in [0.2, 0.25) is 0 Å². The number of likely N-dealkylation sites (N-methyl/N-ethyl adjacent to an activating group) is 1.